The summed E-state index contributed by atoms with van der Waals surface area (Å²) in [6.07, 6.45) is 9.23. The van der Waals surface area contributed by atoms with Gasteiger partial charge in [0, 0.05) is 6.42 Å². The summed E-state index contributed by atoms with van der Waals surface area (Å²) in [4.78, 5) is 11.7. The van der Waals surface area contributed by atoms with Gasteiger partial charge in [0.2, 0.25) is 0 Å². The Kier molecular flexibility index (Phi) is 8.43. The van der Waals surface area contributed by atoms with E-state index in [0.717, 1.165) is 32.1 Å². The van der Waals surface area contributed by atoms with Crippen LogP contribution < -0.4 is 0 Å². The predicted octanol–water partition coefficient (Wildman–Crippen LogP) is 4.80. The van der Waals surface area contributed by atoms with Gasteiger partial charge >= 0.3 is 5.97 Å². The predicted molar refractivity (Wildman–Crippen MR) is 77.5 cm³/mol. The van der Waals surface area contributed by atoms with E-state index in [2.05, 4.69) is 33.4 Å². The Balaban J connectivity index is 4.16. The van der Waals surface area contributed by atoms with Crippen molar-refractivity contribution in [1.82, 2.24) is 0 Å². The fourth-order valence-corrected chi connectivity index (χ4v) is 1.67. The Labute approximate surface area is 112 Å². The molecule has 0 amide bonds. The van der Waals surface area contributed by atoms with Crippen LogP contribution in [0.2, 0.25) is 0 Å². The molecule has 0 rings (SSSR count). The first-order valence-electron chi connectivity index (χ1n) is 6.92. The third-order valence-corrected chi connectivity index (χ3v) is 2.96. The molecule has 1 atom stereocenters. The molecule has 0 aromatic carbocycles. The van der Waals surface area contributed by atoms with Crippen molar-refractivity contribution in [2.75, 3.05) is 0 Å². The second-order valence-corrected chi connectivity index (χ2v) is 5.27. The number of unbranched alkanes of at least 4 members (excludes halogenated alkanes) is 2. The molecule has 0 radical (unpaired) electrons. The van der Waals surface area contributed by atoms with Crippen LogP contribution in [0.25, 0.3) is 0 Å². The average molecular weight is 252 g/mol. The molecule has 0 aliphatic heterocycles. The Morgan fingerprint density at radius 2 is 2.00 bits per heavy atom. The van der Waals surface area contributed by atoms with Crippen molar-refractivity contribution in [1.29, 1.82) is 0 Å². The van der Waals surface area contributed by atoms with Gasteiger partial charge in [-0.2, -0.15) is 0 Å². The van der Waals surface area contributed by atoms with Crippen molar-refractivity contribution in [2.24, 2.45) is 0 Å². The lowest BCUT2D eigenvalue weighted by Gasteiger charge is -2.25. The molecular weight excluding hydrogens is 224 g/mol. The minimum absolute atomic E-state index is 0.108. The van der Waals surface area contributed by atoms with Crippen LogP contribution in [-0.4, -0.2) is 11.6 Å². The van der Waals surface area contributed by atoms with Gasteiger partial charge in [-0.25, -0.2) is 0 Å². The number of esters is 1. The Morgan fingerprint density at radius 3 is 2.50 bits per heavy atom. The molecule has 0 N–H and O–H groups in total. The highest BCUT2D eigenvalue weighted by atomic mass is 16.6. The Bertz CT molecular complexity index is 287. The summed E-state index contributed by atoms with van der Waals surface area (Å²) < 4.78 is 5.53. The zero-order valence-electron chi connectivity index (χ0n) is 12.4. The number of allylic oxidation sites excluding steroid dienone is 2. The molecule has 0 aromatic heterocycles. The first-order chi connectivity index (χ1) is 8.43. The molecule has 0 aliphatic carbocycles. The summed E-state index contributed by atoms with van der Waals surface area (Å²) in [7, 11) is 0. The fourth-order valence-electron chi connectivity index (χ4n) is 1.67. The van der Waals surface area contributed by atoms with Gasteiger partial charge in [-0.05, 0) is 46.1 Å². The number of rotatable bonds is 9. The number of ether oxygens (including phenoxy) is 1. The molecule has 2 heteroatoms. The van der Waals surface area contributed by atoms with Gasteiger partial charge in [0.1, 0.15) is 5.60 Å². The molecular formula is C16H28O2. The minimum Gasteiger partial charge on any atom is -0.455 e. The van der Waals surface area contributed by atoms with Gasteiger partial charge in [-0.1, -0.05) is 38.0 Å². The zero-order valence-corrected chi connectivity index (χ0v) is 12.4. The lowest BCUT2D eigenvalue weighted by Crippen LogP contribution is -2.29. The van der Waals surface area contributed by atoms with Gasteiger partial charge < -0.3 is 4.74 Å². The molecule has 0 bridgehead atoms. The van der Waals surface area contributed by atoms with E-state index in [-0.39, 0.29) is 5.97 Å². The summed E-state index contributed by atoms with van der Waals surface area (Å²) in [6, 6.07) is 0. The van der Waals surface area contributed by atoms with E-state index in [4.69, 9.17) is 4.74 Å². The summed E-state index contributed by atoms with van der Waals surface area (Å²) >= 11 is 0. The second-order valence-electron chi connectivity index (χ2n) is 5.27. The van der Waals surface area contributed by atoms with E-state index in [1.54, 1.807) is 6.08 Å². The number of carbonyl (C=O) groups is 1. The van der Waals surface area contributed by atoms with Crippen LogP contribution in [0.3, 0.4) is 0 Å². The molecule has 0 saturated carbocycles. The average Bonchev–Trinajstić information content (AvgIpc) is 2.28. The first-order valence-corrected chi connectivity index (χ1v) is 6.92. The van der Waals surface area contributed by atoms with Gasteiger partial charge in [0.05, 0.1) is 0 Å². The Morgan fingerprint density at radius 1 is 1.33 bits per heavy atom. The molecule has 104 valence electrons. The maximum atomic E-state index is 11.7. The summed E-state index contributed by atoms with van der Waals surface area (Å²) in [5.74, 6) is -0.108. The largest absolute Gasteiger partial charge is 0.455 e. The molecule has 2 nitrogen and oxygen atoms in total. The lowest BCUT2D eigenvalue weighted by molar-refractivity contribution is -0.154. The molecule has 0 unspecified atom stereocenters. The normalized spacial score (nSPS) is 13.6. The van der Waals surface area contributed by atoms with Crippen molar-refractivity contribution in [3.8, 4) is 0 Å². The van der Waals surface area contributed by atoms with E-state index >= 15 is 0 Å². The van der Waals surface area contributed by atoms with E-state index < -0.39 is 5.60 Å². The van der Waals surface area contributed by atoms with Gasteiger partial charge in [-0.15, -0.1) is 0 Å². The summed E-state index contributed by atoms with van der Waals surface area (Å²) in [6.45, 7) is 12.0. The van der Waals surface area contributed by atoms with E-state index in [0.29, 0.717) is 6.42 Å². The second kappa shape index (κ2) is 8.96. The highest BCUT2D eigenvalue weighted by molar-refractivity contribution is 5.70. The highest BCUT2D eigenvalue weighted by Gasteiger charge is 2.23. The molecule has 0 saturated heterocycles. The SMILES string of the molecule is C=C[C@](C)(CCC=C(C)C)OC(=O)CCCCC. The van der Waals surface area contributed by atoms with Gasteiger partial charge in [0.25, 0.3) is 0 Å². The highest BCUT2D eigenvalue weighted by Crippen LogP contribution is 2.21. The number of hydrogen-bond acceptors (Lipinski definition) is 2. The number of hydrogen-bond donors (Lipinski definition) is 0. The quantitative estimate of drug-likeness (QED) is 0.335. The third kappa shape index (κ3) is 8.10. The molecule has 0 spiro atoms. The van der Waals surface area contributed by atoms with Crippen LogP contribution in [0.15, 0.2) is 24.3 Å². The van der Waals surface area contributed by atoms with Crippen molar-refractivity contribution in [3.63, 3.8) is 0 Å². The van der Waals surface area contributed by atoms with E-state index in [1.165, 1.54) is 5.57 Å². The maximum absolute atomic E-state index is 11.7. The van der Waals surface area contributed by atoms with Crippen LogP contribution in [0, 0.1) is 0 Å². The van der Waals surface area contributed by atoms with Gasteiger partial charge in [0.15, 0.2) is 0 Å². The fraction of sp³-hybridized carbons (Fsp3) is 0.688. The molecule has 0 aliphatic rings. The first kappa shape index (κ1) is 16.9. The van der Waals surface area contributed by atoms with Crippen molar-refractivity contribution >= 4 is 5.97 Å². The van der Waals surface area contributed by atoms with Crippen LogP contribution in [-0.2, 0) is 9.53 Å². The molecule has 18 heavy (non-hydrogen) atoms. The van der Waals surface area contributed by atoms with Crippen molar-refractivity contribution in [3.05, 3.63) is 24.3 Å². The van der Waals surface area contributed by atoms with E-state index in [1.807, 2.05) is 6.92 Å². The lowest BCUT2D eigenvalue weighted by atomic mass is 9.99. The van der Waals surface area contributed by atoms with Crippen molar-refractivity contribution in [2.45, 2.75) is 71.8 Å². The van der Waals surface area contributed by atoms with Crippen LogP contribution in [0.1, 0.15) is 66.2 Å². The van der Waals surface area contributed by atoms with E-state index in [9.17, 15) is 4.79 Å². The Hall–Kier alpha value is -1.05. The monoisotopic (exact) mass is 252 g/mol. The minimum atomic E-state index is -0.532. The summed E-state index contributed by atoms with van der Waals surface area (Å²) in [5.41, 5.74) is 0.755. The third-order valence-electron chi connectivity index (χ3n) is 2.96. The summed E-state index contributed by atoms with van der Waals surface area (Å²) in [5, 5.41) is 0. The smallest absolute Gasteiger partial charge is 0.306 e. The standard InChI is InChI=1S/C16H28O2/c1-6-8-9-12-15(17)18-16(5,7-2)13-10-11-14(3)4/h7,11H,2,6,8-10,12-13H2,1,3-5H3/t16-/m1/s1. The molecule has 0 heterocycles. The molecule has 0 aromatic rings. The van der Waals surface area contributed by atoms with Gasteiger partial charge in [-0.3, -0.25) is 4.79 Å². The van der Waals surface area contributed by atoms with Crippen LogP contribution >= 0.6 is 0 Å². The maximum Gasteiger partial charge on any atom is 0.306 e. The van der Waals surface area contributed by atoms with Crippen molar-refractivity contribution < 1.29 is 9.53 Å². The van der Waals surface area contributed by atoms with Crippen LogP contribution in [0.5, 0.6) is 0 Å². The van der Waals surface area contributed by atoms with Crippen LogP contribution in [0.4, 0.5) is 0 Å². The number of carbonyl (C=O) groups excluding carboxylic acids is 1. The zero-order chi connectivity index (χ0) is 14.0. The molecule has 0 fully saturated rings. The topological polar surface area (TPSA) is 26.3 Å².